The summed E-state index contributed by atoms with van der Waals surface area (Å²) in [6, 6.07) is 3.56. The first-order chi connectivity index (χ1) is 4.74. The van der Waals surface area contributed by atoms with E-state index in [0.717, 1.165) is 10.2 Å². The Morgan fingerprint density at radius 1 is 1.60 bits per heavy atom. The Kier molecular flexibility index (Phi) is 2.51. The number of alkyl halides is 1. The zero-order chi connectivity index (χ0) is 7.56. The number of nitrogen functional groups attached to an aromatic ring is 1. The Labute approximate surface area is 72.5 Å². The molecular weight excluding hydrogens is 215 g/mol. The highest BCUT2D eigenvalue weighted by molar-refractivity contribution is 9.10. The molecule has 0 radical (unpaired) electrons. The number of anilines is 1. The van der Waals surface area contributed by atoms with Gasteiger partial charge in [0, 0.05) is 4.47 Å². The lowest BCUT2D eigenvalue weighted by Crippen LogP contribution is -1.93. The van der Waals surface area contributed by atoms with Gasteiger partial charge in [0.15, 0.2) is 0 Å². The van der Waals surface area contributed by atoms with Crippen molar-refractivity contribution in [1.82, 2.24) is 4.98 Å². The Morgan fingerprint density at radius 3 is 2.80 bits per heavy atom. The SMILES string of the molecule is Nc1ccc(Br)c(CCl)n1. The number of nitrogens with two attached hydrogens (primary N) is 1. The molecule has 2 N–H and O–H groups in total. The Morgan fingerprint density at radius 2 is 2.30 bits per heavy atom. The highest BCUT2D eigenvalue weighted by atomic mass is 79.9. The minimum absolute atomic E-state index is 0.381. The van der Waals surface area contributed by atoms with Crippen molar-refractivity contribution in [3.63, 3.8) is 0 Å². The zero-order valence-electron chi connectivity index (χ0n) is 5.14. The van der Waals surface area contributed by atoms with Gasteiger partial charge in [-0.3, -0.25) is 0 Å². The predicted molar refractivity (Wildman–Crippen MR) is 45.9 cm³/mol. The summed E-state index contributed by atoms with van der Waals surface area (Å²) in [5.41, 5.74) is 6.19. The third-order valence-electron chi connectivity index (χ3n) is 1.07. The van der Waals surface area contributed by atoms with E-state index in [1.54, 1.807) is 6.07 Å². The number of nitrogens with zero attached hydrogens (tertiary/aromatic N) is 1. The van der Waals surface area contributed by atoms with E-state index in [4.69, 9.17) is 17.3 Å². The largest absolute Gasteiger partial charge is 0.384 e. The van der Waals surface area contributed by atoms with Crippen LogP contribution >= 0.6 is 27.5 Å². The van der Waals surface area contributed by atoms with E-state index in [1.165, 1.54) is 0 Å². The molecule has 10 heavy (non-hydrogen) atoms. The molecule has 2 nitrogen and oxygen atoms in total. The summed E-state index contributed by atoms with van der Waals surface area (Å²) < 4.78 is 0.900. The van der Waals surface area contributed by atoms with Gasteiger partial charge in [0.25, 0.3) is 0 Å². The van der Waals surface area contributed by atoms with Gasteiger partial charge in [-0.15, -0.1) is 11.6 Å². The summed E-state index contributed by atoms with van der Waals surface area (Å²) in [5.74, 6) is 0.880. The summed E-state index contributed by atoms with van der Waals surface area (Å²) in [5, 5.41) is 0. The van der Waals surface area contributed by atoms with E-state index in [-0.39, 0.29) is 0 Å². The number of aromatic nitrogens is 1. The molecule has 0 aliphatic heterocycles. The lowest BCUT2D eigenvalue weighted by Gasteiger charge is -1.98. The van der Waals surface area contributed by atoms with Crippen molar-refractivity contribution >= 4 is 33.3 Å². The van der Waals surface area contributed by atoms with Crippen LogP contribution in [0.3, 0.4) is 0 Å². The molecule has 1 heterocycles. The zero-order valence-corrected chi connectivity index (χ0v) is 7.48. The molecule has 54 valence electrons. The smallest absolute Gasteiger partial charge is 0.123 e. The van der Waals surface area contributed by atoms with Crippen LogP contribution in [0.1, 0.15) is 5.69 Å². The van der Waals surface area contributed by atoms with Crippen LogP contribution in [0.15, 0.2) is 16.6 Å². The molecule has 0 atom stereocenters. The van der Waals surface area contributed by atoms with Gasteiger partial charge in [0.2, 0.25) is 0 Å². The molecule has 0 saturated carbocycles. The monoisotopic (exact) mass is 220 g/mol. The second-order valence-electron chi connectivity index (χ2n) is 1.80. The number of halogens is 2. The van der Waals surface area contributed by atoms with E-state index in [1.807, 2.05) is 6.07 Å². The highest BCUT2D eigenvalue weighted by Gasteiger charge is 1.98. The summed E-state index contributed by atoms with van der Waals surface area (Å²) in [7, 11) is 0. The maximum absolute atomic E-state index is 5.56. The number of rotatable bonds is 1. The first kappa shape index (κ1) is 7.82. The Bertz CT molecular complexity index is 239. The molecule has 0 aliphatic rings. The fraction of sp³-hybridized carbons (Fsp3) is 0.167. The van der Waals surface area contributed by atoms with Crippen molar-refractivity contribution in [2.45, 2.75) is 5.88 Å². The quantitative estimate of drug-likeness (QED) is 0.738. The third kappa shape index (κ3) is 1.61. The maximum Gasteiger partial charge on any atom is 0.123 e. The molecule has 1 rings (SSSR count). The second-order valence-corrected chi connectivity index (χ2v) is 2.92. The number of pyridine rings is 1. The molecule has 1 aromatic heterocycles. The van der Waals surface area contributed by atoms with Crippen LogP contribution in [-0.4, -0.2) is 4.98 Å². The Balaban J connectivity index is 3.09. The van der Waals surface area contributed by atoms with E-state index in [0.29, 0.717) is 11.7 Å². The second kappa shape index (κ2) is 3.21. The molecule has 0 fully saturated rings. The summed E-state index contributed by atoms with van der Waals surface area (Å²) in [6.07, 6.45) is 0. The molecule has 0 aromatic carbocycles. The first-order valence-electron chi connectivity index (χ1n) is 2.71. The van der Waals surface area contributed by atoms with Crippen molar-refractivity contribution in [1.29, 1.82) is 0 Å². The fourth-order valence-corrected chi connectivity index (χ4v) is 1.32. The van der Waals surface area contributed by atoms with Crippen LogP contribution < -0.4 is 5.73 Å². The summed E-state index contributed by atoms with van der Waals surface area (Å²) >= 11 is 8.84. The average Bonchev–Trinajstić information content (AvgIpc) is 1.94. The lowest BCUT2D eigenvalue weighted by molar-refractivity contribution is 1.16. The van der Waals surface area contributed by atoms with Gasteiger partial charge in [-0.2, -0.15) is 0 Å². The van der Waals surface area contributed by atoms with E-state index < -0.39 is 0 Å². The van der Waals surface area contributed by atoms with Crippen molar-refractivity contribution in [2.75, 3.05) is 5.73 Å². The number of hydrogen-bond acceptors (Lipinski definition) is 2. The standard InChI is InChI=1S/C6H6BrClN2/c7-4-1-2-6(9)10-5(4)3-8/h1-2H,3H2,(H2,9,10). The van der Waals surface area contributed by atoms with Gasteiger partial charge in [-0.1, -0.05) is 0 Å². The topological polar surface area (TPSA) is 38.9 Å². The average molecular weight is 221 g/mol. The Hall–Kier alpha value is -0.280. The fourth-order valence-electron chi connectivity index (χ4n) is 0.595. The molecule has 0 amide bonds. The van der Waals surface area contributed by atoms with Crippen molar-refractivity contribution in [2.24, 2.45) is 0 Å². The van der Waals surface area contributed by atoms with Gasteiger partial charge >= 0.3 is 0 Å². The molecule has 0 unspecified atom stereocenters. The van der Waals surface area contributed by atoms with Gasteiger partial charge < -0.3 is 5.73 Å². The van der Waals surface area contributed by atoms with E-state index >= 15 is 0 Å². The van der Waals surface area contributed by atoms with Crippen LogP contribution in [0, 0.1) is 0 Å². The summed E-state index contributed by atoms with van der Waals surface area (Å²) in [6.45, 7) is 0. The van der Waals surface area contributed by atoms with Crippen LogP contribution in [0.2, 0.25) is 0 Å². The molecule has 0 bridgehead atoms. The minimum atomic E-state index is 0.381. The van der Waals surface area contributed by atoms with Crippen molar-refractivity contribution in [3.8, 4) is 0 Å². The lowest BCUT2D eigenvalue weighted by atomic mass is 10.4. The van der Waals surface area contributed by atoms with Gasteiger partial charge in [-0.05, 0) is 28.1 Å². The van der Waals surface area contributed by atoms with Crippen molar-refractivity contribution in [3.05, 3.63) is 22.3 Å². The van der Waals surface area contributed by atoms with Crippen LogP contribution in [-0.2, 0) is 5.88 Å². The maximum atomic E-state index is 5.56. The third-order valence-corrected chi connectivity index (χ3v) is 2.04. The van der Waals surface area contributed by atoms with Crippen LogP contribution in [0.5, 0.6) is 0 Å². The molecule has 4 heteroatoms. The molecular formula is C6H6BrClN2. The van der Waals surface area contributed by atoms with E-state index in [2.05, 4.69) is 20.9 Å². The van der Waals surface area contributed by atoms with Gasteiger partial charge in [0.05, 0.1) is 11.6 Å². The first-order valence-corrected chi connectivity index (χ1v) is 4.03. The summed E-state index contributed by atoms with van der Waals surface area (Å²) in [4.78, 5) is 3.99. The van der Waals surface area contributed by atoms with Crippen LogP contribution in [0.4, 0.5) is 5.82 Å². The molecule has 0 saturated heterocycles. The number of hydrogen-bond donors (Lipinski definition) is 1. The molecule has 0 aliphatic carbocycles. The van der Waals surface area contributed by atoms with Gasteiger partial charge in [-0.25, -0.2) is 4.98 Å². The minimum Gasteiger partial charge on any atom is -0.384 e. The van der Waals surface area contributed by atoms with E-state index in [9.17, 15) is 0 Å². The molecule has 1 aromatic rings. The normalized spacial score (nSPS) is 9.80. The predicted octanol–water partition coefficient (Wildman–Crippen LogP) is 2.17. The molecule has 0 spiro atoms. The van der Waals surface area contributed by atoms with Gasteiger partial charge in [0.1, 0.15) is 5.82 Å². The highest BCUT2D eigenvalue weighted by Crippen LogP contribution is 2.17. The van der Waals surface area contributed by atoms with Crippen molar-refractivity contribution < 1.29 is 0 Å². The van der Waals surface area contributed by atoms with Crippen LogP contribution in [0.25, 0.3) is 0 Å².